The van der Waals surface area contributed by atoms with Crippen LogP contribution in [0, 0.1) is 6.92 Å². The molecule has 2 N–H and O–H groups in total. The first-order valence-corrected chi connectivity index (χ1v) is 4.18. The molecule has 5 heteroatoms. The molecule has 0 aliphatic rings. The van der Waals surface area contributed by atoms with E-state index in [9.17, 15) is 5.11 Å². The van der Waals surface area contributed by atoms with Crippen molar-refractivity contribution in [2.75, 3.05) is 0 Å². The first kappa shape index (κ1) is 7.37. The molecule has 5 nitrogen and oxygen atoms in total. The van der Waals surface area contributed by atoms with Crippen molar-refractivity contribution in [3.05, 3.63) is 17.9 Å². The van der Waals surface area contributed by atoms with Crippen molar-refractivity contribution in [2.24, 2.45) is 0 Å². The minimum absolute atomic E-state index is 0.0596. The van der Waals surface area contributed by atoms with Crippen molar-refractivity contribution in [3.63, 3.8) is 0 Å². The Bertz CT molecular complexity index is 521. The van der Waals surface area contributed by atoms with Crippen LogP contribution in [0.25, 0.3) is 22.4 Å². The third-order valence-electron chi connectivity index (χ3n) is 2.03. The van der Waals surface area contributed by atoms with Gasteiger partial charge in [-0.1, -0.05) is 0 Å². The number of rotatable bonds is 0. The molecule has 0 spiro atoms. The van der Waals surface area contributed by atoms with Gasteiger partial charge in [-0.2, -0.15) is 4.98 Å². The molecule has 0 aromatic carbocycles. The number of nitrogens with one attached hydrogen (secondary N) is 1. The molecule has 0 aliphatic carbocycles. The predicted molar refractivity (Wildman–Crippen MR) is 50.1 cm³/mol. The van der Waals surface area contributed by atoms with Crippen LogP contribution >= 0.6 is 0 Å². The van der Waals surface area contributed by atoms with Crippen molar-refractivity contribution < 1.29 is 9.52 Å². The summed E-state index contributed by atoms with van der Waals surface area (Å²) >= 11 is 0. The average molecular weight is 189 g/mol. The summed E-state index contributed by atoms with van der Waals surface area (Å²) < 4.78 is 5.31. The van der Waals surface area contributed by atoms with E-state index >= 15 is 0 Å². The van der Waals surface area contributed by atoms with E-state index in [0.717, 1.165) is 5.76 Å². The quantitative estimate of drug-likeness (QED) is 0.564. The van der Waals surface area contributed by atoms with E-state index in [1.807, 2.05) is 13.0 Å². The van der Waals surface area contributed by atoms with E-state index in [2.05, 4.69) is 15.0 Å². The van der Waals surface area contributed by atoms with Gasteiger partial charge in [0.1, 0.15) is 16.8 Å². The monoisotopic (exact) mass is 189 g/mol. The van der Waals surface area contributed by atoms with Gasteiger partial charge in [-0.05, 0) is 6.92 Å². The minimum atomic E-state index is 0.0596. The topological polar surface area (TPSA) is 74.9 Å². The average Bonchev–Trinajstić information content (AvgIpc) is 2.59. The minimum Gasteiger partial charge on any atom is -0.494 e. The van der Waals surface area contributed by atoms with Gasteiger partial charge in [-0.15, -0.1) is 0 Å². The zero-order valence-electron chi connectivity index (χ0n) is 7.40. The third kappa shape index (κ3) is 0.891. The number of nitrogens with zero attached hydrogens (tertiary/aromatic N) is 2. The molecule has 3 heterocycles. The summed E-state index contributed by atoms with van der Waals surface area (Å²) in [6.45, 7) is 1.84. The Kier molecular flexibility index (Phi) is 1.19. The molecule has 0 atom stereocenters. The van der Waals surface area contributed by atoms with Crippen molar-refractivity contribution in [1.82, 2.24) is 15.0 Å². The van der Waals surface area contributed by atoms with Crippen molar-refractivity contribution >= 4 is 22.4 Å². The number of H-pyrrole nitrogens is 1. The summed E-state index contributed by atoms with van der Waals surface area (Å²) in [5.74, 6) is 0.834. The standard InChI is InChI=1S/C9H7N3O2/c1-4-2-6-9(14-4)12-8-5(10-6)3-7(13)11-8/h2-3,13H,1H3,(H,11,12). The highest BCUT2D eigenvalue weighted by Gasteiger charge is 2.08. The molecule has 3 aromatic heterocycles. The SMILES string of the molecule is Cc1cc2nc3cc(O)[nH]c3nc2o1. The van der Waals surface area contributed by atoms with Gasteiger partial charge in [0.05, 0.1) is 0 Å². The van der Waals surface area contributed by atoms with Gasteiger partial charge in [-0.25, -0.2) is 4.98 Å². The maximum absolute atomic E-state index is 9.19. The van der Waals surface area contributed by atoms with Gasteiger partial charge in [0.15, 0.2) is 11.5 Å². The van der Waals surface area contributed by atoms with Crippen LogP contribution in [0.5, 0.6) is 5.88 Å². The lowest BCUT2D eigenvalue weighted by Crippen LogP contribution is -1.80. The number of aromatic nitrogens is 3. The first-order chi connectivity index (χ1) is 6.72. The summed E-state index contributed by atoms with van der Waals surface area (Å²) in [5, 5.41) is 9.19. The van der Waals surface area contributed by atoms with Gasteiger partial charge in [0.25, 0.3) is 0 Å². The van der Waals surface area contributed by atoms with Gasteiger partial charge < -0.3 is 14.5 Å². The van der Waals surface area contributed by atoms with Crippen LogP contribution in [0.3, 0.4) is 0 Å². The Balaban J connectivity index is 2.49. The van der Waals surface area contributed by atoms with E-state index in [0.29, 0.717) is 22.4 Å². The lowest BCUT2D eigenvalue weighted by atomic mass is 10.4. The second-order valence-electron chi connectivity index (χ2n) is 3.16. The smallest absolute Gasteiger partial charge is 0.247 e. The fourth-order valence-electron chi connectivity index (χ4n) is 1.47. The van der Waals surface area contributed by atoms with Crippen LogP contribution < -0.4 is 0 Å². The molecule has 0 radical (unpaired) electrons. The predicted octanol–water partition coefficient (Wildman–Crippen LogP) is 1.72. The largest absolute Gasteiger partial charge is 0.494 e. The molecule has 14 heavy (non-hydrogen) atoms. The molecule has 0 saturated carbocycles. The van der Waals surface area contributed by atoms with Crippen LogP contribution in [0.15, 0.2) is 16.5 Å². The van der Waals surface area contributed by atoms with Crippen LogP contribution in [-0.2, 0) is 0 Å². The number of aryl methyl sites for hydroxylation is 1. The number of hydrogen-bond acceptors (Lipinski definition) is 4. The number of furan rings is 1. The third-order valence-corrected chi connectivity index (χ3v) is 2.03. The summed E-state index contributed by atoms with van der Waals surface area (Å²) in [6.07, 6.45) is 0. The Morgan fingerprint density at radius 1 is 1.29 bits per heavy atom. The second kappa shape index (κ2) is 2.25. The van der Waals surface area contributed by atoms with Gasteiger partial charge >= 0.3 is 0 Å². The van der Waals surface area contributed by atoms with Crippen molar-refractivity contribution in [1.29, 1.82) is 0 Å². The number of aromatic hydroxyl groups is 1. The molecule has 3 rings (SSSR count). The Hall–Kier alpha value is -2.04. The fraction of sp³-hybridized carbons (Fsp3) is 0.111. The Morgan fingerprint density at radius 2 is 2.14 bits per heavy atom. The Labute approximate surface area is 78.4 Å². The fourth-order valence-corrected chi connectivity index (χ4v) is 1.47. The summed E-state index contributed by atoms with van der Waals surface area (Å²) in [6, 6.07) is 3.34. The van der Waals surface area contributed by atoms with E-state index in [4.69, 9.17) is 4.42 Å². The first-order valence-electron chi connectivity index (χ1n) is 4.18. The lowest BCUT2D eigenvalue weighted by molar-refractivity contribution is 0.458. The molecule has 0 amide bonds. The van der Waals surface area contributed by atoms with Crippen LogP contribution in [0.4, 0.5) is 0 Å². The molecule has 0 saturated heterocycles. The van der Waals surface area contributed by atoms with Crippen LogP contribution in [0.2, 0.25) is 0 Å². The lowest BCUT2D eigenvalue weighted by Gasteiger charge is -1.87. The molecular weight excluding hydrogens is 182 g/mol. The molecule has 0 fully saturated rings. The van der Waals surface area contributed by atoms with Gasteiger partial charge in [-0.3, -0.25) is 0 Å². The summed E-state index contributed by atoms with van der Waals surface area (Å²) in [7, 11) is 0. The number of aromatic amines is 1. The highest BCUT2D eigenvalue weighted by atomic mass is 16.3. The molecule has 70 valence electrons. The highest BCUT2D eigenvalue weighted by molar-refractivity contribution is 5.82. The molecular formula is C9H7N3O2. The summed E-state index contributed by atoms with van der Waals surface area (Å²) in [4.78, 5) is 11.1. The zero-order chi connectivity index (χ0) is 9.71. The van der Waals surface area contributed by atoms with Gasteiger partial charge in [0, 0.05) is 12.1 Å². The van der Waals surface area contributed by atoms with E-state index in [1.54, 1.807) is 0 Å². The number of hydrogen-bond donors (Lipinski definition) is 2. The molecule has 0 aliphatic heterocycles. The maximum Gasteiger partial charge on any atom is 0.247 e. The number of fused-ring (bicyclic) bond motifs is 2. The van der Waals surface area contributed by atoms with Crippen LogP contribution in [0.1, 0.15) is 5.76 Å². The molecule has 0 unspecified atom stereocenters. The zero-order valence-corrected chi connectivity index (χ0v) is 7.40. The summed E-state index contributed by atoms with van der Waals surface area (Å²) in [5.41, 5.74) is 2.35. The maximum atomic E-state index is 9.19. The highest BCUT2D eigenvalue weighted by Crippen LogP contribution is 2.21. The molecule has 3 aromatic rings. The van der Waals surface area contributed by atoms with E-state index in [-0.39, 0.29) is 5.88 Å². The van der Waals surface area contributed by atoms with E-state index < -0.39 is 0 Å². The van der Waals surface area contributed by atoms with E-state index in [1.165, 1.54) is 6.07 Å². The normalized spacial score (nSPS) is 11.5. The van der Waals surface area contributed by atoms with Crippen LogP contribution in [-0.4, -0.2) is 20.1 Å². The van der Waals surface area contributed by atoms with Crippen molar-refractivity contribution in [3.8, 4) is 5.88 Å². The van der Waals surface area contributed by atoms with Crippen molar-refractivity contribution in [2.45, 2.75) is 6.92 Å². The molecule has 0 bridgehead atoms. The second-order valence-corrected chi connectivity index (χ2v) is 3.16. The Morgan fingerprint density at radius 3 is 3.00 bits per heavy atom. The van der Waals surface area contributed by atoms with Gasteiger partial charge in [0.2, 0.25) is 5.71 Å².